The van der Waals surface area contributed by atoms with E-state index >= 15 is 0 Å². The van der Waals surface area contributed by atoms with Crippen LogP contribution in [0.5, 0.6) is 0 Å². The van der Waals surface area contributed by atoms with Crippen molar-refractivity contribution in [2.75, 3.05) is 10.0 Å². The first-order valence-corrected chi connectivity index (χ1v) is 12.1. The second-order valence-corrected chi connectivity index (χ2v) is 9.95. The zero-order valence-corrected chi connectivity index (χ0v) is 18.7. The predicted octanol–water partition coefficient (Wildman–Crippen LogP) is 3.60. The summed E-state index contributed by atoms with van der Waals surface area (Å²) in [5.74, 6) is -0.357. The van der Waals surface area contributed by atoms with E-state index < -0.39 is 10.0 Å². The Morgan fingerprint density at radius 1 is 1.06 bits per heavy atom. The highest BCUT2D eigenvalue weighted by Crippen LogP contribution is 2.26. The third-order valence-electron chi connectivity index (χ3n) is 4.84. The number of carbonyl (C=O) groups is 1. The molecule has 164 valence electrons. The van der Waals surface area contributed by atoms with Gasteiger partial charge in [-0.25, -0.2) is 13.4 Å². The van der Waals surface area contributed by atoms with Crippen LogP contribution < -0.4 is 15.6 Å². The van der Waals surface area contributed by atoms with Crippen molar-refractivity contribution in [3.63, 3.8) is 0 Å². The molecule has 4 aromatic rings. The Labute approximate surface area is 188 Å². The van der Waals surface area contributed by atoms with E-state index in [1.807, 2.05) is 13.0 Å². The number of nitrogens with one attached hydrogen (secondary N) is 2. The third-order valence-corrected chi connectivity index (χ3v) is 7.60. The van der Waals surface area contributed by atoms with Crippen molar-refractivity contribution in [1.82, 2.24) is 9.55 Å². The number of aryl methyl sites for hydroxylation is 2. The molecule has 4 rings (SSSR count). The smallest absolute Gasteiger partial charge is 0.271 e. The summed E-state index contributed by atoms with van der Waals surface area (Å²) >= 11 is 1.10. The van der Waals surface area contributed by atoms with Crippen molar-refractivity contribution in [2.24, 2.45) is 0 Å². The van der Waals surface area contributed by atoms with Gasteiger partial charge in [-0.05, 0) is 42.1 Å². The summed E-state index contributed by atoms with van der Waals surface area (Å²) in [6.07, 6.45) is 1.46. The van der Waals surface area contributed by atoms with E-state index in [4.69, 9.17) is 0 Å². The lowest BCUT2D eigenvalue weighted by atomic mass is 10.1. The summed E-state index contributed by atoms with van der Waals surface area (Å²) in [4.78, 5) is 29.6. The maximum absolute atomic E-state index is 12.7. The molecule has 32 heavy (non-hydrogen) atoms. The Kier molecular flexibility index (Phi) is 6.06. The normalized spacial score (nSPS) is 11.4. The van der Waals surface area contributed by atoms with Crippen LogP contribution in [0.2, 0.25) is 0 Å². The Morgan fingerprint density at radius 3 is 2.59 bits per heavy atom. The number of nitrogens with zero attached hydrogens (tertiary/aromatic N) is 2. The van der Waals surface area contributed by atoms with Gasteiger partial charge in [0, 0.05) is 13.0 Å². The fourth-order valence-electron chi connectivity index (χ4n) is 3.22. The van der Waals surface area contributed by atoms with E-state index in [1.165, 1.54) is 17.0 Å². The van der Waals surface area contributed by atoms with E-state index in [2.05, 4.69) is 15.0 Å². The standard InChI is InChI=1S/C22H20N4O4S2/c1-15-6-4-7-16-21(15)23-14-26(22(16)28)12-11-19(27)24-17-8-2-3-9-18(17)25-32(29,30)20-10-5-13-31-20/h2-10,13-14,25H,11-12H2,1H3,(H,24,27). The number of para-hydroxylation sites is 3. The molecule has 2 N–H and O–H groups in total. The average Bonchev–Trinajstić information content (AvgIpc) is 3.31. The lowest BCUT2D eigenvalue weighted by Gasteiger charge is -2.13. The van der Waals surface area contributed by atoms with Crippen LogP contribution >= 0.6 is 11.3 Å². The maximum atomic E-state index is 12.7. The van der Waals surface area contributed by atoms with Crippen molar-refractivity contribution in [1.29, 1.82) is 0 Å². The van der Waals surface area contributed by atoms with E-state index in [9.17, 15) is 18.0 Å². The van der Waals surface area contributed by atoms with E-state index in [1.54, 1.807) is 47.8 Å². The number of rotatable bonds is 7. The monoisotopic (exact) mass is 468 g/mol. The highest BCUT2D eigenvalue weighted by molar-refractivity contribution is 7.94. The van der Waals surface area contributed by atoms with Gasteiger partial charge in [-0.15, -0.1) is 11.3 Å². The lowest BCUT2D eigenvalue weighted by molar-refractivity contribution is -0.116. The highest BCUT2D eigenvalue weighted by atomic mass is 32.2. The molecule has 0 fully saturated rings. The van der Waals surface area contributed by atoms with Gasteiger partial charge in [0.25, 0.3) is 15.6 Å². The van der Waals surface area contributed by atoms with Crippen LogP contribution in [-0.2, 0) is 21.4 Å². The molecule has 0 aliphatic rings. The van der Waals surface area contributed by atoms with Gasteiger partial charge in [0.15, 0.2) is 0 Å². The number of benzene rings is 2. The summed E-state index contributed by atoms with van der Waals surface area (Å²) < 4.78 is 29.1. The van der Waals surface area contributed by atoms with Crippen LogP contribution in [0.25, 0.3) is 10.9 Å². The molecule has 0 saturated carbocycles. The van der Waals surface area contributed by atoms with Gasteiger partial charge in [-0.1, -0.05) is 30.3 Å². The minimum absolute atomic E-state index is 0.0188. The van der Waals surface area contributed by atoms with Gasteiger partial charge in [-0.3, -0.25) is 18.9 Å². The Morgan fingerprint density at radius 2 is 1.84 bits per heavy atom. The van der Waals surface area contributed by atoms with Crippen LogP contribution in [0.15, 0.2) is 75.3 Å². The van der Waals surface area contributed by atoms with Crippen molar-refractivity contribution >= 4 is 49.5 Å². The Balaban J connectivity index is 1.47. The van der Waals surface area contributed by atoms with Gasteiger partial charge in [0.1, 0.15) is 4.21 Å². The summed E-state index contributed by atoms with van der Waals surface area (Å²) in [5.41, 5.74) is 1.93. The first-order chi connectivity index (χ1) is 15.3. The average molecular weight is 469 g/mol. The number of carbonyl (C=O) groups excluding carboxylic acids is 1. The number of amides is 1. The van der Waals surface area contributed by atoms with E-state index in [-0.39, 0.29) is 34.3 Å². The molecule has 0 bridgehead atoms. The molecule has 0 atom stereocenters. The summed E-state index contributed by atoms with van der Waals surface area (Å²) in [6, 6.07) is 15.1. The number of hydrogen-bond acceptors (Lipinski definition) is 6. The molecule has 0 saturated heterocycles. The van der Waals surface area contributed by atoms with Gasteiger partial charge < -0.3 is 5.32 Å². The first-order valence-electron chi connectivity index (χ1n) is 9.75. The van der Waals surface area contributed by atoms with Gasteiger partial charge in [0.05, 0.1) is 28.6 Å². The molecule has 0 aliphatic heterocycles. The largest absolute Gasteiger partial charge is 0.324 e. The van der Waals surface area contributed by atoms with Crippen LogP contribution in [-0.4, -0.2) is 23.9 Å². The number of thiophene rings is 1. The fraction of sp³-hybridized carbons (Fsp3) is 0.136. The maximum Gasteiger partial charge on any atom is 0.271 e. The van der Waals surface area contributed by atoms with Gasteiger partial charge >= 0.3 is 0 Å². The van der Waals surface area contributed by atoms with Crippen LogP contribution in [0.1, 0.15) is 12.0 Å². The molecule has 0 aliphatic carbocycles. The molecule has 2 aromatic carbocycles. The highest BCUT2D eigenvalue weighted by Gasteiger charge is 2.17. The zero-order valence-electron chi connectivity index (χ0n) is 17.1. The second kappa shape index (κ2) is 8.93. The fourth-order valence-corrected chi connectivity index (χ4v) is 5.30. The van der Waals surface area contributed by atoms with Crippen molar-refractivity contribution in [3.05, 3.63) is 82.2 Å². The number of hydrogen-bond donors (Lipinski definition) is 2. The molecule has 2 aromatic heterocycles. The first kappa shape index (κ1) is 21.7. The summed E-state index contributed by atoms with van der Waals surface area (Å²) in [5, 5.41) is 4.89. The SMILES string of the molecule is Cc1cccc2c(=O)n(CCC(=O)Nc3ccccc3NS(=O)(=O)c3cccs3)cnc12. The molecule has 2 heterocycles. The summed E-state index contributed by atoms with van der Waals surface area (Å²) in [6.45, 7) is 2.03. The van der Waals surface area contributed by atoms with Gasteiger partial charge in [0.2, 0.25) is 5.91 Å². The number of fused-ring (bicyclic) bond motifs is 1. The lowest BCUT2D eigenvalue weighted by Crippen LogP contribution is -2.24. The molecule has 0 radical (unpaired) electrons. The number of aromatic nitrogens is 2. The Bertz CT molecular complexity index is 1440. The summed E-state index contributed by atoms with van der Waals surface area (Å²) in [7, 11) is -3.75. The second-order valence-electron chi connectivity index (χ2n) is 7.10. The van der Waals surface area contributed by atoms with Crippen molar-refractivity contribution in [2.45, 2.75) is 24.1 Å². The minimum atomic E-state index is -3.75. The predicted molar refractivity (Wildman–Crippen MR) is 126 cm³/mol. The molecule has 1 amide bonds. The van der Waals surface area contributed by atoms with Crippen molar-refractivity contribution < 1.29 is 13.2 Å². The minimum Gasteiger partial charge on any atom is -0.324 e. The van der Waals surface area contributed by atoms with Crippen LogP contribution in [0.3, 0.4) is 0 Å². The van der Waals surface area contributed by atoms with E-state index in [0.717, 1.165) is 16.9 Å². The van der Waals surface area contributed by atoms with Gasteiger partial charge in [-0.2, -0.15) is 0 Å². The molecular weight excluding hydrogens is 448 g/mol. The molecule has 8 nitrogen and oxygen atoms in total. The number of anilines is 2. The van der Waals surface area contributed by atoms with Crippen LogP contribution in [0, 0.1) is 6.92 Å². The Hall–Kier alpha value is -3.50. The zero-order chi connectivity index (χ0) is 22.7. The third kappa shape index (κ3) is 4.56. The topological polar surface area (TPSA) is 110 Å². The van der Waals surface area contributed by atoms with Crippen molar-refractivity contribution in [3.8, 4) is 0 Å². The molecule has 0 spiro atoms. The molecular formula is C22H20N4O4S2. The quantitative estimate of drug-likeness (QED) is 0.431. The van der Waals surface area contributed by atoms with Crippen LogP contribution in [0.4, 0.5) is 11.4 Å². The molecule has 10 heteroatoms. The number of sulfonamides is 1. The van der Waals surface area contributed by atoms with E-state index in [0.29, 0.717) is 16.6 Å². The molecule has 0 unspecified atom stereocenters.